The highest BCUT2D eigenvalue weighted by Gasteiger charge is 2.44. The molecule has 0 bridgehead atoms. The molecule has 0 saturated carbocycles. The monoisotopic (exact) mass is 394 g/mol. The Morgan fingerprint density at radius 3 is 2.31 bits per heavy atom. The van der Waals surface area contributed by atoms with Crippen molar-refractivity contribution in [3.8, 4) is 0 Å². The van der Waals surface area contributed by atoms with Gasteiger partial charge in [0.1, 0.15) is 0 Å². The summed E-state index contributed by atoms with van der Waals surface area (Å²) in [6.07, 6.45) is 12.9. The lowest BCUT2D eigenvalue weighted by Gasteiger charge is -2.40. The van der Waals surface area contributed by atoms with E-state index in [2.05, 4.69) is 98.7 Å². The molecule has 0 aliphatic heterocycles. The van der Waals surface area contributed by atoms with E-state index in [1.807, 2.05) is 0 Å². The largest absolute Gasteiger partial charge is 0.0874 e. The molecule has 1 aliphatic carbocycles. The summed E-state index contributed by atoms with van der Waals surface area (Å²) in [6.45, 7) is 21.2. The average molecular weight is 395 g/mol. The Hall–Kier alpha value is -1.30. The molecule has 0 N–H and O–H groups in total. The molecule has 162 valence electrons. The molecule has 0 aromatic heterocycles. The Morgan fingerprint density at radius 1 is 1.07 bits per heavy atom. The van der Waals surface area contributed by atoms with Gasteiger partial charge in [-0.3, -0.25) is 0 Å². The normalized spacial score (nSPS) is 21.6. The maximum absolute atomic E-state index is 2.55. The first-order chi connectivity index (χ1) is 13.5. The lowest BCUT2D eigenvalue weighted by Crippen LogP contribution is -2.31. The van der Waals surface area contributed by atoms with Crippen LogP contribution in [0, 0.1) is 22.7 Å². The van der Waals surface area contributed by atoms with Gasteiger partial charge in [0.25, 0.3) is 0 Å². The van der Waals surface area contributed by atoms with E-state index in [-0.39, 0.29) is 0 Å². The first-order valence-electron chi connectivity index (χ1n) is 11.9. The second-order valence-corrected chi connectivity index (χ2v) is 11.6. The summed E-state index contributed by atoms with van der Waals surface area (Å²) in [5.41, 5.74) is 6.92. The van der Waals surface area contributed by atoms with Crippen LogP contribution >= 0.6 is 0 Å². The van der Waals surface area contributed by atoms with Crippen molar-refractivity contribution in [2.45, 2.75) is 100 Å². The van der Waals surface area contributed by atoms with Gasteiger partial charge in [-0.15, -0.1) is 0 Å². The molecular formula is C29H46. The van der Waals surface area contributed by atoms with Crippen molar-refractivity contribution in [1.29, 1.82) is 0 Å². The van der Waals surface area contributed by atoms with E-state index in [0.29, 0.717) is 16.7 Å². The number of benzene rings is 1. The third-order valence-corrected chi connectivity index (χ3v) is 6.93. The van der Waals surface area contributed by atoms with E-state index in [9.17, 15) is 0 Å². The van der Waals surface area contributed by atoms with Crippen molar-refractivity contribution in [2.75, 3.05) is 0 Å². The van der Waals surface area contributed by atoms with Gasteiger partial charge in [0, 0.05) is 0 Å². The first kappa shape index (κ1) is 24.0. The minimum absolute atomic E-state index is 0.315. The Bertz CT molecular complexity index is 717. The van der Waals surface area contributed by atoms with Crippen molar-refractivity contribution in [2.24, 2.45) is 22.7 Å². The highest BCUT2D eigenvalue weighted by atomic mass is 14.5. The molecule has 1 aliphatic rings. The summed E-state index contributed by atoms with van der Waals surface area (Å²) in [5, 5.41) is 0. The van der Waals surface area contributed by atoms with Gasteiger partial charge < -0.3 is 0 Å². The zero-order chi connectivity index (χ0) is 21.8. The van der Waals surface area contributed by atoms with Gasteiger partial charge in [0.05, 0.1) is 0 Å². The minimum atomic E-state index is 0.315. The summed E-state index contributed by atoms with van der Waals surface area (Å²) in [6, 6.07) is 7.45. The van der Waals surface area contributed by atoms with Gasteiger partial charge in [-0.2, -0.15) is 0 Å². The lowest BCUT2D eigenvalue weighted by atomic mass is 9.65. The number of hydrogen-bond acceptors (Lipinski definition) is 0. The maximum atomic E-state index is 2.55. The van der Waals surface area contributed by atoms with Gasteiger partial charge >= 0.3 is 0 Å². The summed E-state index contributed by atoms with van der Waals surface area (Å²) < 4.78 is 0. The van der Waals surface area contributed by atoms with Crippen molar-refractivity contribution >= 4 is 0 Å². The lowest BCUT2D eigenvalue weighted by molar-refractivity contribution is 0.142. The molecule has 0 heteroatoms. The van der Waals surface area contributed by atoms with Crippen molar-refractivity contribution < 1.29 is 0 Å². The molecule has 0 heterocycles. The van der Waals surface area contributed by atoms with Crippen LogP contribution in [-0.2, 0) is 12.8 Å². The fraction of sp³-hybridized carbons (Fsp3) is 0.655. The molecule has 29 heavy (non-hydrogen) atoms. The highest BCUT2D eigenvalue weighted by Crippen LogP contribution is 2.54. The summed E-state index contributed by atoms with van der Waals surface area (Å²) in [5.74, 6) is 2.14. The molecule has 0 fully saturated rings. The predicted molar refractivity (Wildman–Crippen MR) is 131 cm³/mol. The Balaban J connectivity index is 2.06. The zero-order valence-corrected chi connectivity index (χ0v) is 20.7. The maximum Gasteiger partial charge on any atom is -0.00740 e. The topological polar surface area (TPSA) is 0 Å². The minimum Gasteiger partial charge on any atom is -0.0874 e. The number of rotatable bonds is 7. The zero-order valence-electron chi connectivity index (χ0n) is 20.7. The van der Waals surface area contributed by atoms with Crippen LogP contribution in [0.15, 0.2) is 42.0 Å². The van der Waals surface area contributed by atoms with Gasteiger partial charge in [-0.05, 0) is 84.8 Å². The molecule has 3 atom stereocenters. The van der Waals surface area contributed by atoms with E-state index in [1.54, 1.807) is 11.1 Å². The van der Waals surface area contributed by atoms with Crippen LogP contribution in [0.2, 0.25) is 0 Å². The van der Waals surface area contributed by atoms with Crippen molar-refractivity contribution in [3.63, 3.8) is 0 Å². The summed E-state index contributed by atoms with van der Waals surface area (Å²) in [4.78, 5) is 0. The molecule has 0 saturated heterocycles. The van der Waals surface area contributed by atoms with E-state index in [4.69, 9.17) is 0 Å². The third-order valence-electron chi connectivity index (χ3n) is 6.93. The van der Waals surface area contributed by atoms with E-state index in [1.165, 1.54) is 43.2 Å². The predicted octanol–water partition coefficient (Wildman–Crippen LogP) is 8.91. The number of hydrogen-bond donors (Lipinski definition) is 0. The number of fused-ring (bicyclic) bond motifs is 1. The Labute approximate surface area is 181 Å². The van der Waals surface area contributed by atoms with Gasteiger partial charge in [-0.25, -0.2) is 0 Å². The van der Waals surface area contributed by atoms with Crippen LogP contribution in [0.1, 0.15) is 104 Å². The SMILES string of the molecule is C/C=C\C(=C/C)CCCC(C)Cc1ccc2c(c1)CC(C(C)(C)C)C2C(C)(C)C. The Kier molecular flexibility index (Phi) is 8.00. The second-order valence-electron chi connectivity index (χ2n) is 11.6. The summed E-state index contributed by atoms with van der Waals surface area (Å²) in [7, 11) is 0. The standard InChI is InChI=1S/C29H46/c1-10-13-22(11-2)15-12-14-21(3)18-23-16-17-25-24(19-23)20-26(28(4,5)6)27(25)29(7,8)9/h10-11,13,16-17,19,21,26-27H,12,14-15,18,20H2,1-9H3/b13-10-,22-11+. The molecule has 1 aromatic carbocycles. The first-order valence-corrected chi connectivity index (χ1v) is 11.9. The fourth-order valence-electron chi connectivity index (χ4n) is 5.41. The van der Waals surface area contributed by atoms with Crippen molar-refractivity contribution in [1.82, 2.24) is 0 Å². The average Bonchev–Trinajstić information content (AvgIpc) is 3.00. The van der Waals surface area contributed by atoms with E-state index in [0.717, 1.165) is 11.8 Å². The second kappa shape index (κ2) is 9.67. The third kappa shape index (κ3) is 6.34. The van der Waals surface area contributed by atoms with Crippen LogP contribution in [0.3, 0.4) is 0 Å². The molecule has 2 rings (SSSR count). The van der Waals surface area contributed by atoms with E-state index < -0.39 is 0 Å². The smallest absolute Gasteiger partial charge is 0.00740 e. The number of allylic oxidation sites excluding steroid dienone is 4. The van der Waals surface area contributed by atoms with Gasteiger partial charge in [0.15, 0.2) is 0 Å². The quantitative estimate of drug-likeness (QED) is 0.405. The van der Waals surface area contributed by atoms with Gasteiger partial charge in [0.2, 0.25) is 0 Å². The van der Waals surface area contributed by atoms with Crippen LogP contribution < -0.4 is 0 Å². The molecule has 3 unspecified atom stereocenters. The van der Waals surface area contributed by atoms with Gasteiger partial charge in [-0.1, -0.05) is 96.9 Å². The molecule has 0 nitrogen and oxygen atoms in total. The van der Waals surface area contributed by atoms with Crippen LogP contribution in [0.5, 0.6) is 0 Å². The van der Waals surface area contributed by atoms with Crippen LogP contribution in [0.4, 0.5) is 0 Å². The molecule has 0 radical (unpaired) electrons. The molecule has 0 spiro atoms. The Morgan fingerprint density at radius 2 is 1.76 bits per heavy atom. The molecule has 1 aromatic rings. The fourth-order valence-corrected chi connectivity index (χ4v) is 5.41. The van der Waals surface area contributed by atoms with E-state index >= 15 is 0 Å². The summed E-state index contributed by atoms with van der Waals surface area (Å²) >= 11 is 0. The van der Waals surface area contributed by atoms with Crippen molar-refractivity contribution in [3.05, 3.63) is 58.7 Å². The van der Waals surface area contributed by atoms with Crippen LogP contribution in [0.25, 0.3) is 0 Å². The molecular weight excluding hydrogens is 348 g/mol. The molecule has 0 amide bonds. The highest BCUT2D eigenvalue weighted by molar-refractivity contribution is 5.41. The van der Waals surface area contributed by atoms with Crippen LogP contribution in [-0.4, -0.2) is 0 Å².